The van der Waals surface area contributed by atoms with Crippen LogP contribution in [0.1, 0.15) is 42.5 Å². The second-order valence-electron chi connectivity index (χ2n) is 5.72. The van der Waals surface area contributed by atoms with E-state index < -0.39 is 6.61 Å². The van der Waals surface area contributed by atoms with E-state index in [0.29, 0.717) is 16.1 Å². The highest BCUT2D eigenvalue weighted by Gasteiger charge is 2.36. The molecule has 3 rings (SSSR count). The van der Waals surface area contributed by atoms with Gasteiger partial charge in [-0.1, -0.05) is 18.6 Å². The molecule has 2 bridgehead atoms. The molecule has 2 nitrogen and oxygen atoms in total. The number of para-hydroxylation sites is 1. The van der Waals surface area contributed by atoms with Crippen molar-refractivity contribution in [2.75, 3.05) is 0 Å². The molecule has 2 unspecified atom stereocenters. The fourth-order valence-electron chi connectivity index (χ4n) is 3.36. The van der Waals surface area contributed by atoms with E-state index in [9.17, 15) is 13.6 Å². The Labute approximate surface area is 127 Å². The highest BCUT2D eigenvalue weighted by atomic mass is 32.2. The lowest BCUT2D eigenvalue weighted by Crippen LogP contribution is -2.33. The number of alkyl halides is 2. The molecule has 0 aliphatic carbocycles. The summed E-state index contributed by atoms with van der Waals surface area (Å²) in [5.41, 5.74) is 0.299. The van der Waals surface area contributed by atoms with Gasteiger partial charge in [-0.2, -0.15) is 20.5 Å². The zero-order chi connectivity index (χ0) is 14.8. The summed E-state index contributed by atoms with van der Waals surface area (Å²) in [6, 6.07) is 6.35. The molecule has 0 amide bonds. The van der Waals surface area contributed by atoms with Crippen molar-refractivity contribution in [3.63, 3.8) is 0 Å². The predicted octanol–water partition coefficient (Wildman–Crippen LogP) is 4.54. The Kier molecular flexibility index (Phi) is 4.48. The summed E-state index contributed by atoms with van der Waals surface area (Å²) >= 11 is 2.00. The molecule has 114 valence electrons. The van der Waals surface area contributed by atoms with Gasteiger partial charge in [0.2, 0.25) is 0 Å². The van der Waals surface area contributed by atoms with Gasteiger partial charge in [-0.25, -0.2) is 0 Å². The van der Waals surface area contributed by atoms with E-state index in [0.717, 1.165) is 12.8 Å². The van der Waals surface area contributed by atoms with Crippen molar-refractivity contribution in [1.29, 1.82) is 0 Å². The SMILES string of the molecule is O=C(c1ccccc1OC(F)F)C1CC2CCCC(C1)S2. The zero-order valence-electron chi connectivity index (χ0n) is 11.6. The van der Waals surface area contributed by atoms with Gasteiger partial charge in [0.25, 0.3) is 0 Å². The fraction of sp³-hybridized carbons (Fsp3) is 0.562. The van der Waals surface area contributed by atoms with Gasteiger partial charge >= 0.3 is 6.61 Å². The van der Waals surface area contributed by atoms with Crippen molar-refractivity contribution in [2.45, 2.75) is 49.2 Å². The molecule has 21 heavy (non-hydrogen) atoms. The van der Waals surface area contributed by atoms with Gasteiger partial charge in [-0.3, -0.25) is 4.79 Å². The molecule has 0 N–H and O–H groups in total. The second kappa shape index (κ2) is 6.34. The van der Waals surface area contributed by atoms with Crippen LogP contribution in [0.15, 0.2) is 24.3 Å². The summed E-state index contributed by atoms with van der Waals surface area (Å²) < 4.78 is 29.4. The average molecular weight is 312 g/mol. The third kappa shape index (κ3) is 3.39. The summed E-state index contributed by atoms with van der Waals surface area (Å²) in [5.74, 6) is -0.0895. The monoisotopic (exact) mass is 312 g/mol. The number of hydrogen-bond donors (Lipinski definition) is 0. The number of ketones is 1. The van der Waals surface area contributed by atoms with Crippen LogP contribution in [0.3, 0.4) is 0 Å². The number of hydrogen-bond acceptors (Lipinski definition) is 3. The molecule has 2 fully saturated rings. The number of Topliss-reactive ketones (excluding diaryl/α,β-unsaturated/α-hetero) is 1. The third-order valence-electron chi connectivity index (χ3n) is 4.27. The number of fused-ring (bicyclic) bond motifs is 2. The van der Waals surface area contributed by atoms with Gasteiger partial charge in [0.1, 0.15) is 5.75 Å². The lowest BCUT2D eigenvalue weighted by molar-refractivity contribution is -0.0502. The molecule has 0 radical (unpaired) electrons. The molecule has 2 heterocycles. The number of halogens is 2. The highest BCUT2D eigenvalue weighted by Crippen LogP contribution is 2.45. The summed E-state index contributed by atoms with van der Waals surface area (Å²) in [4.78, 5) is 12.7. The van der Waals surface area contributed by atoms with Crippen LogP contribution >= 0.6 is 11.8 Å². The molecule has 2 aliphatic heterocycles. The van der Waals surface area contributed by atoms with Gasteiger partial charge in [0, 0.05) is 16.4 Å². The Bertz CT molecular complexity index is 509. The average Bonchev–Trinajstić information content (AvgIpc) is 2.46. The normalized spacial score (nSPS) is 28.4. The smallest absolute Gasteiger partial charge is 0.387 e. The number of ether oxygens (including phenoxy) is 1. The maximum absolute atomic E-state index is 12.7. The van der Waals surface area contributed by atoms with Gasteiger partial charge in [-0.05, 0) is 37.8 Å². The number of thioether (sulfide) groups is 1. The van der Waals surface area contributed by atoms with Crippen LogP contribution in [0.5, 0.6) is 5.75 Å². The van der Waals surface area contributed by atoms with Gasteiger partial charge in [0.15, 0.2) is 5.78 Å². The molecular weight excluding hydrogens is 294 g/mol. The highest BCUT2D eigenvalue weighted by molar-refractivity contribution is 8.00. The Morgan fingerprint density at radius 3 is 2.52 bits per heavy atom. The lowest BCUT2D eigenvalue weighted by Gasteiger charge is -2.38. The van der Waals surface area contributed by atoms with Crippen molar-refractivity contribution in [1.82, 2.24) is 0 Å². The van der Waals surface area contributed by atoms with E-state index in [2.05, 4.69) is 4.74 Å². The lowest BCUT2D eigenvalue weighted by atomic mass is 9.84. The van der Waals surface area contributed by atoms with Gasteiger partial charge < -0.3 is 4.74 Å². The quantitative estimate of drug-likeness (QED) is 0.764. The summed E-state index contributed by atoms with van der Waals surface area (Å²) in [6.45, 7) is -2.90. The van der Waals surface area contributed by atoms with E-state index in [1.807, 2.05) is 11.8 Å². The Morgan fingerprint density at radius 1 is 1.19 bits per heavy atom. The van der Waals surface area contributed by atoms with E-state index in [1.165, 1.54) is 25.3 Å². The van der Waals surface area contributed by atoms with E-state index in [-0.39, 0.29) is 17.5 Å². The first kappa shape index (κ1) is 14.8. The Morgan fingerprint density at radius 2 is 1.86 bits per heavy atom. The molecule has 5 heteroatoms. The number of carbonyl (C=O) groups excluding carboxylic acids is 1. The number of rotatable bonds is 4. The maximum atomic E-state index is 12.7. The molecule has 0 aromatic heterocycles. The Balaban J connectivity index is 1.78. The minimum Gasteiger partial charge on any atom is -0.434 e. The Hall–Kier alpha value is -1.10. The molecule has 1 aromatic carbocycles. The van der Waals surface area contributed by atoms with Crippen molar-refractivity contribution in [2.24, 2.45) is 5.92 Å². The van der Waals surface area contributed by atoms with Crippen LogP contribution in [-0.4, -0.2) is 22.9 Å². The summed E-state index contributed by atoms with van der Waals surface area (Å²) in [5, 5.41) is 1.10. The number of carbonyl (C=O) groups is 1. The third-order valence-corrected chi connectivity index (χ3v) is 5.90. The van der Waals surface area contributed by atoms with Gasteiger partial charge in [0.05, 0.1) is 5.56 Å². The maximum Gasteiger partial charge on any atom is 0.387 e. The van der Waals surface area contributed by atoms with Crippen molar-refractivity contribution >= 4 is 17.5 Å². The van der Waals surface area contributed by atoms with Crippen molar-refractivity contribution < 1.29 is 18.3 Å². The minimum absolute atomic E-state index is 0.000820. The zero-order valence-corrected chi connectivity index (χ0v) is 12.5. The second-order valence-corrected chi connectivity index (χ2v) is 7.32. The van der Waals surface area contributed by atoms with E-state index in [1.54, 1.807) is 18.2 Å². The van der Waals surface area contributed by atoms with Crippen LogP contribution in [0.25, 0.3) is 0 Å². The van der Waals surface area contributed by atoms with E-state index >= 15 is 0 Å². The van der Waals surface area contributed by atoms with Crippen molar-refractivity contribution in [3.8, 4) is 5.75 Å². The van der Waals surface area contributed by atoms with Crippen LogP contribution in [-0.2, 0) is 0 Å². The van der Waals surface area contributed by atoms with Crippen LogP contribution in [0.4, 0.5) is 8.78 Å². The van der Waals surface area contributed by atoms with Crippen molar-refractivity contribution in [3.05, 3.63) is 29.8 Å². The largest absolute Gasteiger partial charge is 0.434 e. The molecule has 0 saturated carbocycles. The molecular formula is C16H18F2O2S. The minimum atomic E-state index is -2.90. The molecule has 2 saturated heterocycles. The first-order valence-corrected chi connectivity index (χ1v) is 8.31. The molecule has 1 aromatic rings. The summed E-state index contributed by atoms with van der Waals surface area (Å²) in [7, 11) is 0. The molecule has 2 aliphatic rings. The standard InChI is InChI=1S/C16H18F2O2S/c17-16(18)20-14-7-2-1-6-13(14)15(19)10-8-11-4-3-5-12(9-10)21-11/h1-2,6-7,10-12,16H,3-5,8-9H2. The van der Waals surface area contributed by atoms with Crippen LogP contribution in [0.2, 0.25) is 0 Å². The fourth-order valence-corrected chi connectivity index (χ4v) is 5.20. The summed E-state index contributed by atoms with van der Waals surface area (Å²) in [6.07, 6.45) is 5.31. The topological polar surface area (TPSA) is 26.3 Å². The van der Waals surface area contributed by atoms with Crippen LogP contribution < -0.4 is 4.74 Å². The first-order valence-electron chi connectivity index (χ1n) is 7.37. The molecule has 2 atom stereocenters. The van der Waals surface area contributed by atoms with E-state index in [4.69, 9.17) is 0 Å². The first-order chi connectivity index (χ1) is 10.1. The number of benzene rings is 1. The predicted molar refractivity (Wildman–Crippen MR) is 79.1 cm³/mol. The molecule has 0 spiro atoms. The van der Waals surface area contributed by atoms with Gasteiger partial charge in [-0.15, -0.1) is 0 Å². The van der Waals surface area contributed by atoms with Crippen LogP contribution in [0, 0.1) is 5.92 Å².